The Kier molecular flexibility index (Phi) is 6.91. The molecule has 1 fully saturated rings. The normalized spacial score (nSPS) is 16.9. The summed E-state index contributed by atoms with van der Waals surface area (Å²) in [6, 6.07) is 10.8. The zero-order chi connectivity index (χ0) is 15.8. The van der Waals surface area contributed by atoms with E-state index in [0.29, 0.717) is 12.3 Å². The molecule has 1 aliphatic rings. The van der Waals surface area contributed by atoms with Crippen LogP contribution in [0.15, 0.2) is 30.3 Å². The van der Waals surface area contributed by atoms with Crippen molar-refractivity contribution in [2.45, 2.75) is 39.5 Å². The molecular formula is C19H30N2O. The fourth-order valence-corrected chi connectivity index (χ4v) is 3.03. The molecule has 0 bridgehead atoms. The van der Waals surface area contributed by atoms with E-state index in [1.807, 2.05) is 0 Å². The van der Waals surface area contributed by atoms with Gasteiger partial charge in [0.25, 0.3) is 0 Å². The number of carbonyl (C=O) groups excluding carboxylic acids is 1. The summed E-state index contributed by atoms with van der Waals surface area (Å²) in [5.74, 6) is 1.52. The van der Waals surface area contributed by atoms with Crippen molar-refractivity contribution in [1.29, 1.82) is 0 Å². The summed E-state index contributed by atoms with van der Waals surface area (Å²) in [6.07, 6.45) is 4.34. The Morgan fingerprint density at radius 2 is 1.91 bits per heavy atom. The highest BCUT2D eigenvalue weighted by Crippen LogP contribution is 2.21. The molecule has 122 valence electrons. The van der Waals surface area contributed by atoms with Gasteiger partial charge in [0.15, 0.2) is 0 Å². The monoisotopic (exact) mass is 302 g/mol. The number of likely N-dealkylation sites (tertiary alicyclic amines) is 1. The fourth-order valence-electron chi connectivity index (χ4n) is 3.03. The van der Waals surface area contributed by atoms with Crippen molar-refractivity contribution < 1.29 is 4.79 Å². The van der Waals surface area contributed by atoms with Crippen LogP contribution in [0, 0.1) is 11.8 Å². The Morgan fingerprint density at radius 1 is 1.23 bits per heavy atom. The first-order valence-corrected chi connectivity index (χ1v) is 8.66. The number of rotatable bonds is 7. The molecule has 1 aromatic carbocycles. The minimum absolute atomic E-state index is 0.195. The van der Waals surface area contributed by atoms with E-state index in [9.17, 15) is 4.79 Å². The Morgan fingerprint density at radius 3 is 2.55 bits per heavy atom. The summed E-state index contributed by atoms with van der Waals surface area (Å²) in [5, 5.41) is 3.00. The van der Waals surface area contributed by atoms with Crippen LogP contribution < -0.4 is 5.32 Å². The van der Waals surface area contributed by atoms with E-state index in [2.05, 4.69) is 54.4 Å². The predicted molar refractivity (Wildman–Crippen MR) is 91.8 cm³/mol. The molecule has 0 saturated carbocycles. The van der Waals surface area contributed by atoms with E-state index in [4.69, 9.17) is 0 Å². The third kappa shape index (κ3) is 6.18. The highest BCUT2D eigenvalue weighted by Gasteiger charge is 2.19. The van der Waals surface area contributed by atoms with Gasteiger partial charge < -0.3 is 10.2 Å². The van der Waals surface area contributed by atoms with Gasteiger partial charge in [0, 0.05) is 19.5 Å². The van der Waals surface area contributed by atoms with Crippen LogP contribution in [0.3, 0.4) is 0 Å². The molecule has 1 amide bonds. The lowest BCUT2D eigenvalue weighted by molar-refractivity contribution is -0.121. The van der Waals surface area contributed by atoms with Gasteiger partial charge in [-0.2, -0.15) is 0 Å². The lowest BCUT2D eigenvalue weighted by atomic mass is 9.90. The highest BCUT2D eigenvalue weighted by molar-refractivity contribution is 5.76. The number of amides is 1. The minimum atomic E-state index is 0.195. The molecule has 3 nitrogen and oxygen atoms in total. The lowest BCUT2D eigenvalue weighted by Crippen LogP contribution is -2.37. The Hall–Kier alpha value is -1.35. The smallest absolute Gasteiger partial charge is 0.221 e. The van der Waals surface area contributed by atoms with E-state index >= 15 is 0 Å². The average molecular weight is 302 g/mol. The van der Waals surface area contributed by atoms with E-state index < -0.39 is 0 Å². The highest BCUT2D eigenvalue weighted by atomic mass is 16.1. The first-order valence-electron chi connectivity index (χ1n) is 8.66. The van der Waals surface area contributed by atoms with Crippen LogP contribution in [-0.2, 0) is 11.2 Å². The molecule has 1 aliphatic heterocycles. The first kappa shape index (κ1) is 17.0. The molecule has 1 N–H and O–H groups in total. The van der Waals surface area contributed by atoms with Crippen LogP contribution in [0.1, 0.15) is 38.7 Å². The van der Waals surface area contributed by atoms with E-state index in [1.165, 1.54) is 24.8 Å². The Balaban J connectivity index is 1.62. The summed E-state index contributed by atoms with van der Waals surface area (Å²) in [5.41, 5.74) is 1.45. The average Bonchev–Trinajstić information content (AvgIpc) is 2.53. The SMILES string of the molecule is CC(C)CNC(=O)CCN1CCC(Cc2ccccc2)CC1. The Bertz CT molecular complexity index is 436. The molecule has 0 aromatic heterocycles. The van der Waals surface area contributed by atoms with Gasteiger partial charge in [0.1, 0.15) is 0 Å². The molecule has 3 heteroatoms. The zero-order valence-corrected chi connectivity index (χ0v) is 14.1. The number of benzene rings is 1. The minimum Gasteiger partial charge on any atom is -0.356 e. The van der Waals surface area contributed by atoms with Crippen molar-refractivity contribution in [3.8, 4) is 0 Å². The molecule has 0 radical (unpaired) electrons. The maximum Gasteiger partial charge on any atom is 0.221 e. The van der Waals surface area contributed by atoms with Crippen molar-refractivity contribution in [3.05, 3.63) is 35.9 Å². The number of nitrogens with one attached hydrogen (secondary N) is 1. The molecule has 0 atom stereocenters. The number of hydrogen-bond donors (Lipinski definition) is 1. The van der Waals surface area contributed by atoms with Crippen LogP contribution in [0.5, 0.6) is 0 Å². The maximum atomic E-state index is 11.8. The van der Waals surface area contributed by atoms with Crippen LogP contribution in [0.25, 0.3) is 0 Å². The van der Waals surface area contributed by atoms with Crippen molar-refractivity contribution >= 4 is 5.91 Å². The van der Waals surface area contributed by atoms with Gasteiger partial charge in [-0.3, -0.25) is 4.79 Å². The first-order chi connectivity index (χ1) is 10.6. The van der Waals surface area contributed by atoms with Gasteiger partial charge in [-0.05, 0) is 49.8 Å². The molecule has 1 heterocycles. The van der Waals surface area contributed by atoms with E-state index in [1.54, 1.807) is 0 Å². The second kappa shape index (κ2) is 8.94. The van der Waals surface area contributed by atoms with Gasteiger partial charge in [0.05, 0.1) is 0 Å². The maximum absolute atomic E-state index is 11.8. The Labute approximate surface area is 135 Å². The molecular weight excluding hydrogens is 272 g/mol. The molecule has 0 aliphatic carbocycles. The number of nitrogens with zero attached hydrogens (tertiary/aromatic N) is 1. The van der Waals surface area contributed by atoms with Crippen molar-refractivity contribution in [2.75, 3.05) is 26.2 Å². The molecule has 0 unspecified atom stereocenters. The second-order valence-corrected chi connectivity index (χ2v) is 6.92. The zero-order valence-electron chi connectivity index (χ0n) is 14.1. The summed E-state index contributed by atoms with van der Waals surface area (Å²) < 4.78 is 0. The van der Waals surface area contributed by atoms with Gasteiger partial charge in [-0.15, -0.1) is 0 Å². The van der Waals surface area contributed by atoms with Crippen molar-refractivity contribution in [2.24, 2.45) is 11.8 Å². The van der Waals surface area contributed by atoms with E-state index in [-0.39, 0.29) is 5.91 Å². The van der Waals surface area contributed by atoms with Gasteiger partial charge in [-0.1, -0.05) is 44.2 Å². The quantitative estimate of drug-likeness (QED) is 0.839. The molecule has 2 rings (SSSR count). The van der Waals surface area contributed by atoms with E-state index in [0.717, 1.165) is 32.1 Å². The standard InChI is InChI=1S/C19H30N2O/c1-16(2)15-20-19(22)10-13-21-11-8-18(9-12-21)14-17-6-4-3-5-7-17/h3-7,16,18H,8-15H2,1-2H3,(H,20,22). The van der Waals surface area contributed by atoms with Crippen molar-refractivity contribution in [3.63, 3.8) is 0 Å². The van der Waals surface area contributed by atoms with Crippen molar-refractivity contribution in [1.82, 2.24) is 10.2 Å². The van der Waals surface area contributed by atoms with Crippen LogP contribution in [-0.4, -0.2) is 37.0 Å². The van der Waals surface area contributed by atoms with Gasteiger partial charge in [0.2, 0.25) is 5.91 Å². The number of piperidine rings is 1. The topological polar surface area (TPSA) is 32.3 Å². The third-order valence-corrected chi connectivity index (χ3v) is 4.44. The summed E-state index contributed by atoms with van der Waals surface area (Å²) in [4.78, 5) is 14.2. The molecule has 0 spiro atoms. The van der Waals surface area contributed by atoms with Crippen LogP contribution in [0.2, 0.25) is 0 Å². The number of hydrogen-bond acceptors (Lipinski definition) is 2. The van der Waals surface area contributed by atoms with Gasteiger partial charge >= 0.3 is 0 Å². The fraction of sp³-hybridized carbons (Fsp3) is 0.632. The molecule has 1 saturated heterocycles. The molecule has 22 heavy (non-hydrogen) atoms. The third-order valence-electron chi connectivity index (χ3n) is 4.44. The summed E-state index contributed by atoms with van der Waals surface area (Å²) in [6.45, 7) is 8.21. The summed E-state index contributed by atoms with van der Waals surface area (Å²) in [7, 11) is 0. The second-order valence-electron chi connectivity index (χ2n) is 6.92. The largest absolute Gasteiger partial charge is 0.356 e. The predicted octanol–water partition coefficient (Wildman–Crippen LogP) is 3.10. The summed E-state index contributed by atoms with van der Waals surface area (Å²) >= 11 is 0. The molecule has 1 aromatic rings. The number of carbonyl (C=O) groups is 1. The van der Waals surface area contributed by atoms with Crippen LogP contribution >= 0.6 is 0 Å². The van der Waals surface area contributed by atoms with Crippen LogP contribution in [0.4, 0.5) is 0 Å². The lowest BCUT2D eigenvalue weighted by Gasteiger charge is -2.31. The van der Waals surface area contributed by atoms with Gasteiger partial charge in [-0.25, -0.2) is 0 Å².